The Morgan fingerprint density at radius 1 is 1.07 bits per heavy atom. The first-order valence-electron chi connectivity index (χ1n) is 9.52. The molecule has 29 heavy (non-hydrogen) atoms. The fraction of sp³-hybridized carbons (Fsp3) is 0.333. The molecule has 1 aliphatic heterocycles. The van der Waals surface area contributed by atoms with Gasteiger partial charge in [0.2, 0.25) is 0 Å². The van der Waals surface area contributed by atoms with Gasteiger partial charge < -0.3 is 24.6 Å². The van der Waals surface area contributed by atoms with E-state index in [1.54, 1.807) is 25.6 Å². The van der Waals surface area contributed by atoms with Gasteiger partial charge in [-0.05, 0) is 29.8 Å². The number of benzene rings is 2. The summed E-state index contributed by atoms with van der Waals surface area (Å²) in [4.78, 5) is 21.4. The van der Waals surface area contributed by atoms with Gasteiger partial charge in [0, 0.05) is 32.7 Å². The first-order valence-corrected chi connectivity index (χ1v) is 10.3. The average Bonchev–Trinajstić information content (AvgIpc) is 3.21. The number of amides is 2. The normalized spacial score (nSPS) is 14.1. The Balaban J connectivity index is 1.31. The number of para-hydroxylation sites is 1. The topological polar surface area (TPSA) is 66.9 Å². The van der Waals surface area contributed by atoms with Crippen LogP contribution < -0.4 is 19.7 Å². The minimum absolute atomic E-state index is 0.0521. The number of fused-ring (bicyclic) bond motifs is 1. The van der Waals surface area contributed by atoms with Gasteiger partial charge in [-0.25, -0.2) is 9.78 Å². The van der Waals surface area contributed by atoms with E-state index in [1.807, 2.05) is 41.3 Å². The van der Waals surface area contributed by atoms with Crippen molar-refractivity contribution in [2.24, 2.45) is 0 Å². The molecule has 8 heteroatoms. The molecule has 2 amide bonds. The summed E-state index contributed by atoms with van der Waals surface area (Å²) < 4.78 is 11.8. The van der Waals surface area contributed by atoms with E-state index < -0.39 is 0 Å². The van der Waals surface area contributed by atoms with Crippen LogP contribution in [0.2, 0.25) is 0 Å². The molecule has 0 bridgehead atoms. The summed E-state index contributed by atoms with van der Waals surface area (Å²) in [6.07, 6.45) is 0. The van der Waals surface area contributed by atoms with Crippen LogP contribution in [0.4, 0.5) is 9.93 Å². The Morgan fingerprint density at radius 3 is 2.55 bits per heavy atom. The van der Waals surface area contributed by atoms with Gasteiger partial charge in [-0.3, -0.25) is 0 Å². The van der Waals surface area contributed by atoms with Crippen molar-refractivity contribution in [2.45, 2.75) is 6.54 Å². The fourth-order valence-electron chi connectivity index (χ4n) is 3.38. The molecule has 152 valence electrons. The van der Waals surface area contributed by atoms with Crippen LogP contribution in [0.15, 0.2) is 42.5 Å². The number of rotatable bonds is 5. The number of carbonyl (C=O) groups is 1. The van der Waals surface area contributed by atoms with Gasteiger partial charge in [-0.2, -0.15) is 0 Å². The number of ether oxygens (including phenoxy) is 2. The van der Waals surface area contributed by atoms with E-state index in [2.05, 4.69) is 16.3 Å². The van der Waals surface area contributed by atoms with Gasteiger partial charge in [-0.1, -0.05) is 29.5 Å². The number of hydrogen-bond acceptors (Lipinski definition) is 6. The molecule has 1 aliphatic rings. The van der Waals surface area contributed by atoms with Crippen molar-refractivity contribution in [3.63, 3.8) is 0 Å². The maximum Gasteiger partial charge on any atom is 0.317 e. The molecule has 1 N–H and O–H groups in total. The monoisotopic (exact) mass is 412 g/mol. The third-order valence-corrected chi connectivity index (χ3v) is 6.11. The zero-order valence-electron chi connectivity index (χ0n) is 16.6. The maximum absolute atomic E-state index is 12.6. The van der Waals surface area contributed by atoms with Crippen molar-refractivity contribution in [1.29, 1.82) is 0 Å². The summed E-state index contributed by atoms with van der Waals surface area (Å²) in [5.74, 6) is 1.33. The molecule has 2 heterocycles. The van der Waals surface area contributed by atoms with Crippen molar-refractivity contribution in [1.82, 2.24) is 15.2 Å². The molecule has 4 rings (SSSR count). The van der Waals surface area contributed by atoms with Crippen LogP contribution in [0, 0.1) is 0 Å². The molecular formula is C21H24N4O3S. The molecule has 1 aromatic heterocycles. The smallest absolute Gasteiger partial charge is 0.317 e. The fourth-order valence-corrected chi connectivity index (χ4v) is 4.39. The molecular weight excluding hydrogens is 388 g/mol. The Labute approximate surface area is 173 Å². The maximum atomic E-state index is 12.6. The summed E-state index contributed by atoms with van der Waals surface area (Å²) in [6, 6.07) is 13.8. The van der Waals surface area contributed by atoms with Gasteiger partial charge in [0.25, 0.3) is 0 Å². The van der Waals surface area contributed by atoms with Crippen molar-refractivity contribution >= 4 is 32.7 Å². The highest BCUT2D eigenvalue weighted by Gasteiger charge is 2.23. The molecule has 3 aromatic rings. The second-order valence-electron chi connectivity index (χ2n) is 6.79. The SMILES string of the molecule is COc1ccc(CNC(=O)N2CCN(c3nc4ccccc4s3)CC2)cc1OC. The Bertz CT molecular complexity index is 966. The van der Waals surface area contributed by atoms with Crippen LogP contribution in [0.5, 0.6) is 11.5 Å². The van der Waals surface area contributed by atoms with Crippen molar-refractivity contribution in [2.75, 3.05) is 45.3 Å². The minimum atomic E-state index is -0.0521. The van der Waals surface area contributed by atoms with Crippen LogP contribution >= 0.6 is 11.3 Å². The average molecular weight is 413 g/mol. The summed E-state index contributed by atoms with van der Waals surface area (Å²) in [7, 11) is 3.21. The van der Waals surface area contributed by atoms with Crippen LogP contribution in [0.3, 0.4) is 0 Å². The molecule has 0 unspecified atom stereocenters. The number of carbonyl (C=O) groups excluding carboxylic acids is 1. The number of piperazine rings is 1. The van der Waals surface area contributed by atoms with E-state index in [9.17, 15) is 4.79 Å². The Morgan fingerprint density at radius 2 is 1.83 bits per heavy atom. The lowest BCUT2D eigenvalue weighted by Gasteiger charge is -2.34. The van der Waals surface area contributed by atoms with Crippen LogP contribution in [-0.2, 0) is 6.54 Å². The quantitative estimate of drug-likeness (QED) is 0.696. The Hall–Kier alpha value is -3.00. The largest absolute Gasteiger partial charge is 0.493 e. The number of nitrogens with one attached hydrogen (secondary N) is 1. The highest BCUT2D eigenvalue weighted by molar-refractivity contribution is 7.22. The predicted octanol–water partition coefficient (Wildman–Crippen LogP) is 3.35. The second kappa shape index (κ2) is 8.57. The van der Waals surface area contributed by atoms with Gasteiger partial charge in [0.15, 0.2) is 16.6 Å². The van der Waals surface area contributed by atoms with E-state index in [0.717, 1.165) is 29.3 Å². The van der Waals surface area contributed by atoms with Gasteiger partial charge in [-0.15, -0.1) is 0 Å². The van der Waals surface area contributed by atoms with Crippen molar-refractivity contribution < 1.29 is 14.3 Å². The lowest BCUT2D eigenvalue weighted by Crippen LogP contribution is -2.51. The number of thiazole rings is 1. The molecule has 0 radical (unpaired) electrons. The second-order valence-corrected chi connectivity index (χ2v) is 7.80. The third kappa shape index (κ3) is 4.22. The highest BCUT2D eigenvalue weighted by atomic mass is 32.1. The van der Waals surface area contributed by atoms with E-state index in [4.69, 9.17) is 14.5 Å². The van der Waals surface area contributed by atoms with Crippen LogP contribution in [0.1, 0.15) is 5.56 Å². The molecule has 1 fully saturated rings. The van der Waals surface area contributed by atoms with Gasteiger partial charge in [0.05, 0.1) is 24.4 Å². The van der Waals surface area contributed by atoms with Crippen LogP contribution in [-0.4, -0.2) is 56.3 Å². The molecule has 0 saturated carbocycles. The number of aromatic nitrogens is 1. The third-order valence-electron chi connectivity index (χ3n) is 5.01. The molecule has 0 spiro atoms. The minimum Gasteiger partial charge on any atom is -0.493 e. The van der Waals surface area contributed by atoms with E-state index in [-0.39, 0.29) is 6.03 Å². The lowest BCUT2D eigenvalue weighted by atomic mass is 10.2. The molecule has 0 aliphatic carbocycles. The molecule has 2 aromatic carbocycles. The molecule has 7 nitrogen and oxygen atoms in total. The van der Waals surface area contributed by atoms with E-state index in [0.29, 0.717) is 31.1 Å². The van der Waals surface area contributed by atoms with E-state index in [1.165, 1.54) is 4.70 Å². The predicted molar refractivity (Wildman–Crippen MR) is 115 cm³/mol. The molecule has 1 saturated heterocycles. The lowest BCUT2D eigenvalue weighted by molar-refractivity contribution is 0.194. The first-order chi connectivity index (χ1) is 14.2. The van der Waals surface area contributed by atoms with Gasteiger partial charge in [0.1, 0.15) is 0 Å². The zero-order chi connectivity index (χ0) is 20.2. The zero-order valence-corrected chi connectivity index (χ0v) is 17.4. The highest BCUT2D eigenvalue weighted by Crippen LogP contribution is 2.29. The summed E-state index contributed by atoms with van der Waals surface area (Å²) in [5, 5.41) is 4.02. The van der Waals surface area contributed by atoms with Crippen molar-refractivity contribution in [3.8, 4) is 11.5 Å². The summed E-state index contributed by atoms with van der Waals surface area (Å²) in [5.41, 5.74) is 1.99. The Kier molecular flexibility index (Phi) is 5.71. The van der Waals surface area contributed by atoms with Gasteiger partial charge >= 0.3 is 6.03 Å². The summed E-state index contributed by atoms with van der Waals surface area (Å²) in [6.45, 7) is 3.35. The number of hydrogen-bond donors (Lipinski definition) is 1. The first kappa shape index (κ1) is 19.3. The van der Waals surface area contributed by atoms with Crippen molar-refractivity contribution in [3.05, 3.63) is 48.0 Å². The number of urea groups is 1. The van der Waals surface area contributed by atoms with E-state index >= 15 is 0 Å². The number of nitrogens with zero attached hydrogens (tertiary/aromatic N) is 3. The molecule has 0 atom stereocenters. The number of anilines is 1. The summed E-state index contributed by atoms with van der Waals surface area (Å²) >= 11 is 1.70. The standard InChI is InChI=1S/C21H24N4O3S/c1-27-17-8-7-15(13-18(17)28-2)14-22-20(26)24-9-11-25(12-10-24)21-23-16-5-3-4-6-19(16)29-21/h3-8,13H,9-12,14H2,1-2H3,(H,22,26). The number of methoxy groups -OCH3 is 2. The van der Waals surface area contributed by atoms with Crippen LogP contribution in [0.25, 0.3) is 10.2 Å².